The Bertz CT molecular complexity index is 1770. The molecule has 2 N–H and O–H groups in total. The Morgan fingerprint density at radius 1 is 0.915 bits per heavy atom. The third-order valence-corrected chi connectivity index (χ3v) is 9.06. The fourth-order valence-electron chi connectivity index (χ4n) is 4.61. The van der Waals surface area contributed by atoms with Gasteiger partial charge in [-0.1, -0.05) is 36.0 Å². The van der Waals surface area contributed by atoms with Crippen LogP contribution in [-0.4, -0.2) is 64.6 Å². The van der Waals surface area contributed by atoms with Crippen molar-refractivity contribution in [2.24, 2.45) is 0 Å². The minimum absolute atomic E-state index is 0.0826. The monoisotopic (exact) mass is 679 g/mol. The van der Waals surface area contributed by atoms with Crippen LogP contribution in [0.2, 0.25) is 0 Å². The summed E-state index contributed by atoms with van der Waals surface area (Å²) in [5.41, 5.74) is 4.11. The molecule has 0 bridgehead atoms. The molecule has 0 fully saturated rings. The zero-order valence-corrected chi connectivity index (χ0v) is 28.7. The Labute approximate surface area is 281 Å². The zero-order valence-electron chi connectivity index (χ0n) is 27.1. The lowest BCUT2D eigenvalue weighted by Crippen LogP contribution is -2.26. The lowest BCUT2D eigenvalue weighted by molar-refractivity contribution is -0.120. The van der Waals surface area contributed by atoms with Crippen molar-refractivity contribution in [2.45, 2.75) is 52.7 Å². The molecule has 2 heterocycles. The Morgan fingerprint density at radius 3 is 2.30 bits per heavy atom. The summed E-state index contributed by atoms with van der Waals surface area (Å²) in [6.45, 7) is 9.31. The topological polar surface area (TPSA) is 151 Å². The Hall–Kier alpha value is -4.69. The van der Waals surface area contributed by atoms with Crippen LogP contribution in [0.25, 0.3) is 5.69 Å². The average Bonchev–Trinajstić information content (AvgIpc) is 3.60. The highest BCUT2D eigenvalue weighted by Crippen LogP contribution is 2.35. The number of aromatic nitrogens is 3. The maximum absolute atomic E-state index is 13.2. The zero-order chi connectivity index (χ0) is 34.1. The van der Waals surface area contributed by atoms with Gasteiger partial charge < -0.3 is 24.8 Å². The third-order valence-electron chi connectivity index (χ3n) is 6.95. The molecule has 4 rings (SSSR count). The predicted octanol–water partition coefficient (Wildman–Crippen LogP) is 5.21. The van der Waals surface area contributed by atoms with E-state index in [1.54, 1.807) is 40.0 Å². The first-order valence-electron chi connectivity index (χ1n) is 14.9. The Morgan fingerprint density at radius 2 is 1.62 bits per heavy atom. The summed E-state index contributed by atoms with van der Waals surface area (Å²) >= 11 is 2.11. The number of esters is 2. The minimum Gasteiger partial charge on any atom is -0.497 e. The van der Waals surface area contributed by atoms with Gasteiger partial charge in [0.2, 0.25) is 11.8 Å². The largest absolute Gasteiger partial charge is 0.497 e. The molecule has 0 saturated carbocycles. The standard InChI is InChI=1S/C33H37N5O7S2/c1-7-44-31(41)28-21(5)29(32(42)45-8-2)47-30(28)35-27(40)18-46-33-37-36-25(38(33)24-15-19(3)9-10-20(24)4)17-34-26(39)16-22-11-13-23(43-6)14-12-22/h9-15H,7-8,16-18H2,1-6H3,(H,34,39)(H,35,40). The molecule has 0 saturated heterocycles. The highest BCUT2D eigenvalue weighted by Gasteiger charge is 2.28. The van der Waals surface area contributed by atoms with Crippen LogP contribution in [0.4, 0.5) is 5.00 Å². The highest BCUT2D eigenvalue weighted by molar-refractivity contribution is 7.99. The number of nitrogens with zero attached hydrogens (tertiary/aromatic N) is 3. The molecule has 248 valence electrons. The molecular weight excluding hydrogens is 643 g/mol. The molecular formula is C33H37N5O7S2. The van der Waals surface area contributed by atoms with Gasteiger partial charge in [-0.25, -0.2) is 9.59 Å². The molecule has 0 aliphatic rings. The Kier molecular flexibility index (Phi) is 12.1. The van der Waals surface area contributed by atoms with Gasteiger partial charge in [0.15, 0.2) is 11.0 Å². The first-order chi connectivity index (χ1) is 22.6. The van der Waals surface area contributed by atoms with Crippen molar-refractivity contribution in [3.63, 3.8) is 0 Å². The molecule has 14 heteroatoms. The molecule has 0 aliphatic carbocycles. The van der Waals surface area contributed by atoms with E-state index in [4.69, 9.17) is 14.2 Å². The second-order valence-electron chi connectivity index (χ2n) is 10.4. The van der Waals surface area contributed by atoms with Crippen molar-refractivity contribution in [3.05, 3.63) is 81.0 Å². The predicted molar refractivity (Wildman–Crippen MR) is 180 cm³/mol. The number of thioether (sulfide) groups is 1. The van der Waals surface area contributed by atoms with E-state index >= 15 is 0 Å². The van der Waals surface area contributed by atoms with Crippen LogP contribution in [0.1, 0.15) is 62.0 Å². The van der Waals surface area contributed by atoms with E-state index in [0.29, 0.717) is 22.3 Å². The van der Waals surface area contributed by atoms with Crippen LogP contribution in [0.5, 0.6) is 5.75 Å². The summed E-state index contributed by atoms with van der Waals surface area (Å²) in [5.74, 6) is -0.732. The van der Waals surface area contributed by atoms with Gasteiger partial charge >= 0.3 is 11.9 Å². The highest BCUT2D eigenvalue weighted by atomic mass is 32.2. The van der Waals surface area contributed by atoms with Crippen LogP contribution >= 0.6 is 23.1 Å². The smallest absolute Gasteiger partial charge is 0.348 e. The fraction of sp³-hybridized carbons (Fsp3) is 0.333. The van der Waals surface area contributed by atoms with Gasteiger partial charge in [-0.05, 0) is 75.1 Å². The normalized spacial score (nSPS) is 10.8. The van der Waals surface area contributed by atoms with Crippen LogP contribution in [0.3, 0.4) is 0 Å². The molecule has 2 aromatic heterocycles. The van der Waals surface area contributed by atoms with Crippen molar-refractivity contribution in [2.75, 3.05) is 31.4 Å². The van der Waals surface area contributed by atoms with Gasteiger partial charge in [-0.15, -0.1) is 21.5 Å². The fourth-order valence-corrected chi connectivity index (χ4v) is 6.48. The summed E-state index contributed by atoms with van der Waals surface area (Å²) < 4.78 is 17.3. The van der Waals surface area contributed by atoms with E-state index in [2.05, 4.69) is 20.8 Å². The quantitative estimate of drug-likeness (QED) is 0.134. The number of hydrogen-bond acceptors (Lipinski definition) is 11. The van der Waals surface area contributed by atoms with Crippen LogP contribution in [0.15, 0.2) is 47.6 Å². The van der Waals surface area contributed by atoms with Gasteiger partial charge in [-0.3, -0.25) is 14.2 Å². The molecule has 0 unspecified atom stereocenters. The number of anilines is 1. The lowest BCUT2D eigenvalue weighted by Gasteiger charge is -2.14. The van der Waals surface area contributed by atoms with E-state index in [1.165, 1.54) is 0 Å². The second-order valence-corrected chi connectivity index (χ2v) is 12.3. The number of rotatable bonds is 14. The number of nitrogens with one attached hydrogen (secondary N) is 2. The van der Waals surface area contributed by atoms with E-state index in [0.717, 1.165) is 45.5 Å². The molecule has 0 aliphatic heterocycles. The van der Waals surface area contributed by atoms with Crippen LogP contribution < -0.4 is 15.4 Å². The molecule has 12 nitrogen and oxygen atoms in total. The van der Waals surface area contributed by atoms with Crippen molar-refractivity contribution >= 4 is 51.9 Å². The van der Waals surface area contributed by atoms with Crippen LogP contribution in [0, 0.1) is 20.8 Å². The van der Waals surface area contributed by atoms with Gasteiger partial charge in [0, 0.05) is 0 Å². The number of amides is 2. The number of carbonyl (C=O) groups excluding carboxylic acids is 4. The van der Waals surface area contributed by atoms with Gasteiger partial charge in [-0.2, -0.15) is 0 Å². The summed E-state index contributed by atoms with van der Waals surface area (Å²) in [5, 5.41) is 15.0. The molecule has 4 aromatic rings. The minimum atomic E-state index is -0.645. The third kappa shape index (κ3) is 8.77. The molecule has 2 aromatic carbocycles. The number of ether oxygens (including phenoxy) is 3. The Balaban J connectivity index is 1.53. The first-order valence-corrected chi connectivity index (χ1v) is 16.7. The number of hydrogen-bond donors (Lipinski definition) is 2. The number of carbonyl (C=O) groups is 4. The summed E-state index contributed by atoms with van der Waals surface area (Å²) in [6, 6.07) is 13.2. The number of methoxy groups -OCH3 is 1. The summed E-state index contributed by atoms with van der Waals surface area (Å²) in [6.07, 6.45) is 0.178. The average molecular weight is 680 g/mol. The molecule has 0 spiro atoms. The SMILES string of the molecule is CCOC(=O)c1sc(NC(=O)CSc2nnc(CNC(=O)Cc3ccc(OC)cc3)n2-c2cc(C)ccc2C)c(C(=O)OCC)c1C. The van der Waals surface area contributed by atoms with Crippen molar-refractivity contribution in [1.82, 2.24) is 20.1 Å². The van der Waals surface area contributed by atoms with Crippen molar-refractivity contribution in [3.8, 4) is 11.4 Å². The lowest BCUT2D eigenvalue weighted by atomic mass is 10.1. The van der Waals surface area contributed by atoms with E-state index in [9.17, 15) is 19.2 Å². The number of thiophene rings is 1. The van der Waals surface area contributed by atoms with Gasteiger partial charge in [0.25, 0.3) is 0 Å². The maximum Gasteiger partial charge on any atom is 0.348 e. The second kappa shape index (κ2) is 16.2. The maximum atomic E-state index is 13.2. The van der Waals surface area contributed by atoms with Crippen molar-refractivity contribution < 1.29 is 33.4 Å². The molecule has 0 radical (unpaired) electrons. The van der Waals surface area contributed by atoms with E-state index in [1.807, 2.05) is 48.7 Å². The summed E-state index contributed by atoms with van der Waals surface area (Å²) in [7, 11) is 1.59. The molecule has 2 amide bonds. The van der Waals surface area contributed by atoms with Crippen molar-refractivity contribution in [1.29, 1.82) is 0 Å². The number of benzene rings is 2. The van der Waals surface area contributed by atoms with Gasteiger partial charge in [0.1, 0.15) is 15.6 Å². The van der Waals surface area contributed by atoms with Gasteiger partial charge in [0.05, 0.1) is 50.3 Å². The van der Waals surface area contributed by atoms with E-state index < -0.39 is 17.8 Å². The molecule has 0 atom stereocenters. The molecule has 47 heavy (non-hydrogen) atoms. The van der Waals surface area contributed by atoms with E-state index in [-0.39, 0.29) is 53.3 Å². The first kappa shape index (κ1) is 35.2. The number of aryl methyl sites for hydroxylation is 2. The van der Waals surface area contributed by atoms with Crippen LogP contribution in [-0.2, 0) is 32.0 Å². The summed E-state index contributed by atoms with van der Waals surface area (Å²) in [4.78, 5) is 51.5.